The van der Waals surface area contributed by atoms with Gasteiger partial charge in [-0.3, -0.25) is 4.79 Å². The molecule has 5 nitrogen and oxygen atoms in total. The molecule has 0 amide bonds. The highest BCUT2D eigenvalue weighted by Gasteiger charge is 2.33. The van der Waals surface area contributed by atoms with Crippen molar-refractivity contribution in [2.75, 3.05) is 26.3 Å². The molecule has 6 heteroatoms. The number of carbonyl (C=O) groups is 1. The first-order valence-corrected chi connectivity index (χ1v) is 9.26. The van der Waals surface area contributed by atoms with E-state index in [4.69, 9.17) is 9.47 Å². The second kappa shape index (κ2) is 6.63. The third-order valence-corrected chi connectivity index (χ3v) is 5.67. The highest BCUT2D eigenvalue weighted by atomic mass is 32.1. The predicted octanol–water partition coefficient (Wildman–Crippen LogP) is 1.79. The molecule has 1 aromatic carbocycles. The van der Waals surface area contributed by atoms with E-state index >= 15 is 0 Å². The smallest absolute Gasteiger partial charge is 0.232 e. The van der Waals surface area contributed by atoms with E-state index in [0.29, 0.717) is 42.4 Å². The summed E-state index contributed by atoms with van der Waals surface area (Å²) in [4.78, 5) is 15.0. The van der Waals surface area contributed by atoms with Crippen LogP contribution in [0.25, 0.3) is 6.08 Å². The lowest BCUT2D eigenvalue weighted by molar-refractivity contribution is -0.921. The Morgan fingerprint density at radius 1 is 1.28 bits per heavy atom. The molecule has 0 aliphatic carbocycles. The molecule has 130 valence electrons. The number of phenolic OH excluding ortho intramolecular Hbond substituents is 1. The number of benzene rings is 1. The van der Waals surface area contributed by atoms with Crippen molar-refractivity contribution in [2.24, 2.45) is 0 Å². The molecule has 0 saturated carbocycles. The number of thiophene rings is 1. The van der Waals surface area contributed by atoms with Crippen LogP contribution in [0, 0.1) is 6.92 Å². The van der Waals surface area contributed by atoms with Crippen molar-refractivity contribution in [3.05, 3.63) is 50.9 Å². The molecule has 0 radical (unpaired) electrons. The second-order valence-corrected chi connectivity index (χ2v) is 7.33. The summed E-state index contributed by atoms with van der Waals surface area (Å²) in [7, 11) is 0. The number of hydrogen-bond donors (Lipinski definition) is 2. The predicted molar refractivity (Wildman–Crippen MR) is 95.3 cm³/mol. The van der Waals surface area contributed by atoms with Crippen LogP contribution in [0.4, 0.5) is 0 Å². The molecule has 2 aliphatic heterocycles. The zero-order valence-electron chi connectivity index (χ0n) is 14.0. The normalized spacial score (nSPS) is 19.2. The zero-order chi connectivity index (χ0) is 17.4. The molecule has 3 heterocycles. The highest BCUT2D eigenvalue weighted by molar-refractivity contribution is 7.11. The minimum atomic E-state index is -0.124. The van der Waals surface area contributed by atoms with Crippen molar-refractivity contribution < 1.29 is 24.3 Å². The van der Waals surface area contributed by atoms with E-state index in [1.807, 2.05) is 18.4 Å². The number of ether oxygens (including phenoxy) is 2. The van der Waals surface area contributed by atoms with Crippen LogP contribution in [0.15, 0.2) is 29.3 Å². The summed E-state index contributed by atoms with van der Waals surface area (Å²) in [6, 6.07) is 5.25. The number of allylic oxidation sites excluding steroid dienone is 1. The first kappa shape index (κ1) is 16.3. The minimum absolute atomic E-state index is 0.124. The van der Waals surface area contributed by atoms with Gasteiger partial charge in [0.15, 0.2) is 11.5 Å². The van der Waals surface area contributed by atoms with Gasteiger partial charge in [0.25, 0.3) is 0 Å². The topological polar surface area (TPSA) is 60.2 Å². The number of aromatic hydroxyl groups is 1. The van der Waals surface area contributed by atoms with Gasteiger partial charge in [-0.2, -0.15) is 0 Å². The molecular weight excluding hydrogens is 338 g/mol. The Bertz CT molecular complexity index is 849. The lowest BCUT2D eigenvalue weighted by Gasteiger charge is -2.24. The molecule has 1 aromatic heterocycles. The van der Waals surface area contributed by atoms with Crippen LogP contribution in [0.2, 0.25) is 0 Å². The molecule has 1 fully saturated rings. The number of phenols is 1. The van der Waals surface area contributed by atoms with Crippen molar-refractivity contribution in [2.45, 2.75) is 13.5 Å². The summed E-state index contributed by atoms with van der Waals surface area (Å²) in [6.45, 7) is 5.83. The van der Waals surface area contributed by atoms with Gasteiger partial charge in [-0.1, -0.05) is 0 Å². The largest absolute Gasteiger partial charge is 0.507 e. The third-order valence-electron chi connectivity index (χ3n) is 4.71. The Kier molecular flexibility index (Phi) is 4.33. The Labute approximate surface area is 150 Å². The number of hydrogen-bond acceptors (Lipinski definition) is 5. The average Bonchev–Trinajstić information content (AvgIpc) is 3.16. The van der Waals surface area contributed by atoms with Crippen LogP contribution >= 0.6 is 11.3 Å². The van der Waals surface area contributed by atoms with Crippen LogP contribution in [-0.2, 0) is 11.3 Å². The van der Waals surface area contributed by atoms with Gasteiger partial charge in [-0.15, -0.1) is 11.3 Å². The SMILES string of the molecule is Cc1ccsc1/C=C1/Oc2c(ccc(O)c2C[NH+]2CCOCC2)C1=O. The van der Waals surface area contributed by atoms with Gasteiger partial charge in [0.1, 0.15) is 25.4 Å². The third kappa shape index (κ3) is 3.08. The maximum absolute atomic E-state index is 12.7. The van der Waals surface area contributed by atoms with E-state index in [2.05, 4.69) is 0 Å². The first-order valence-electron chi connectivity index (χ1n) is 8.38. The van der Waals surface area contributed by atoms with Gasteiger partial charge in [0.2, 0.25) is 5.78 Å². The Balaban J connectivity index is 1.67. The van der Waals surface area contributed by atoms with E-state index in [1.54, 1.807) is 29.5 Å². The molecule has 0 unspecified atom stereocenters. The van der Waals surface area contributed by atoms with Gasteiger partial charge in [0.05, 0.1) is 24.3 Å². The molecule has 0 atom stereocenters. The van der Waals surface area contributed by atoms with Crippen molar-refractivity contribution in [1.82, 2.24) is 0 Å². The van der Waals surface area contributed by atoms with Crippen LogP contribution in [-0.4, -0.2) is 37.2 Å². The number of carbonyl (C=O) groups excluding carboxylic acids is 1. The number of morpholine rings is 1. The van der Waals surface area contributed by atoms with E-state index in [0.717, 1.165) is 23.5 Å². The fourth-order valence-electron chi connectivity index (χ4n) is 3.21. The quantitative estimate of drug-likeness (QED) is 0.822. The van der Waals surface area contributed by atoms with Crippen LogP contribution in [0.5, 0.6) is 11.5 Å². The molecule has 0 bridgehead atoms. The van der Waals surface area contributed by atoms with Gasteiger partial charge < -0.3 is 19.5 Å². The lowest BCUT2D eigenvalue weighted by atomic mass is 10.0. The summed E-state index contributed by atoms with van der Waals surface area (Å²) in [5, 5.41) is 12.3. The van der Waals surface area contributed by atoms with Crippen molar-refractivity contribution in [1.29, 1.82) is 0 Å². The number of fused-ring (bicyclic) bond motifs is 1. The van der Waals surface area contributed by atoms with Crippen molar-refractivity contribution in [3.8, 4) is 11.5 Å². The molecule has 4 rings (SSSR count). The van der Waals surface area contributed by atoms with Crippen molar-refractivity contribution in [3.63, 3.8) is 0 Å². The van der Waals surface area contributed by atoms with Gasteiger partial charge in [-0.05, 0) is 36.1 Å². The fraction of sp³-hybridized carbons (Fsp3) is 0.316. The van der Waals surface area contributed by atoms with Gasteiger partial charge in [-0.25, -0.2) is 0 Å². The Morgan fingerprint density at radius 2 is 2.08 bits per heavy atom. The van der Waals surface area contributed by atoms with Crippen LogP contribution < -0.4 is 9.64 Å². The van der Waals surface area contributed by atoms with E-state index < -0.39 is 0 Å². The number of rotatable bonds is 3. The number of aryl methyl sites for hydroxylation is 1. The molecule has 0 spiro atoms. The summed E-state index contributed by atoms with van der Waals surface area (Å²) < 4.78 is 11.3. The molecular formula is C19H20NO4S+. The highest BCUT2D eigenvalue weighted by Crippen LogP contribution is 2.39. The monoisotopic (exact) mass is 358 g/mol. The first-order chi connectivity index (χ1) is 12.1. The summed E-state index contributed by atoms with van der Waals surface area (Å²) in [6.07, 6.45) is 1.80. The maximum Gasteiger partial charge on any atom is 0.232 e. The van der Waals surface area contributed by atoms with Crippen molar-refractivity contribution >= 4 is 23.2 Å². The Morgan fingerprint density at radius 3 is 2.80 bits per heavy atom. The van der Waals surface area contributed by atoms with E-state index in [-0.39, 0.29) is 11.5 Å². The summed E-state index contributed by atoms with van der Waals surface area (Å²) in [5.41, 5.74) is 2.35. The maximum atomic E-state index is 12.7. The van der Waals surface area contributed by atoms with Gasteiger partial charge >= 0.3 is 0 Å². The molecule has 25 heavy (non-hydrogen) atoms. The lowest BCUT2D eigenvalue weighted by Crippen LogP contribution is -3.12. The number of quaternary nitrogens is 1. The average molecular weight is 358 g/mol. The number of ketones is 1. The van der Waals surface area contributed by atoms with Crippen LogP contribution in [0.1, 0.15) is 26.4 Å². The second-order valence-electron chi connectivity index (χ2n) is 6.39. The van der Waals surface area contributed by atoms with E-state index in [1.165, 1.54) is 4.90 Å². The molecule has 2 N–H and O–H groups in total. The summed E-state index contributed by atoms with van der Waals surface area (Å²) >= 11 is 1.58. The fourth-order valence-corrected chi connectivity index (χ4v) is 4.05. The van der Waals surface area contributed by atoms with E-state index in [9.17, 15) is 9.90 Å². The molecule has 2 aromatic rings. The molecule has 2 aliphatic rings. The standard InChI is InChI=1S/C19H19NO4S/c1-12-4-9-25-17(12)10-16-18(22)13-2-3-15(21)14(19(13)24-16)11-20-5-7-23-8-6-20/h2-4,9-10,21H,5-8,11H2,1H3/p+1/b16-10+. The zero-order valence-corrected chi connectivity index (χ0v) is 14.8. The number of nitrogens with one attached hydrogen (secondary N) is 1. The Hall–Kier alpha value is -2.15. The van der Waals surface area contributed by atoms with Crippen LogP contribution in [0.3, 0.4) is 0 Å². The summed E-state index contributed by atoms with van der Waals surface area (Å²) in [5.74, 6) is 0.883. The number of Topliss-reactive ketones (excluding diaryl/α,β-unsaturated/α-hetero) is 1. The van der Waals surface area contributed by atoms with Gasteiger partial charge in [0, 0.05) is 11.0 Å². The molecule has 1 saturated heterocycles. The minimum Gasteiger partial charge on any atom is -0.507 e.